The second-order valence-corrected chi connectivity index (χ2v) is 10.8. The summed E-state index contributed by atoms with van der Waals surface area (Å²) in [5.74, 6) is 0.780. The highest BCUT2D eigenvalue weighted by Gasteiger charge is 2.19. The maximum atomic E-state index is 12.7. The molecule has 166 valence electrons. The van der Waals surface area contributed by atoms with Gasteiger partial charge in [-0.3, -0.25) is 0 Å². The number of nitrogens with zero attached hydrogens (tertiary/aromatic N) is 1. The molecule has 0 aliphatic rings. The Labute approximate surface area is 191 Å². The maximum absolute atomic E-state index is 12.7. The van der Waals surface area contributed by atoms with E-state index in [0.29, 0.717) is 11.5 Å². The van der Waals surface area contributed by atoms with Gasteiger partial charge in [0.25, 0.3) is 0 Å². The average molecular weight is 480 g/mol. The van der Waals surface area contributed by atoms with Gasteiger partial charge in [-0.05, 0) is 90.1 Å². The quantitative estimate of drug-likeness (QED) is 0.322. The van der Waals surface area contributed by atoms with Crippen LogP contribution in [0.5, 0.6) is 11.5 Å². The fourth-order valence-corrected chi connectivity index (χ4v) is 5.61. The summed E-state index contributed by atoms with van der Waals surface area (Å²) in [4.78, 5) is 11.0. The van der Waals surface area contributed by atoms with Crippen LogP contribution in [0.15, 0.2) is 128 Å². The largest absolute Gasteiger partial charge is 0.457 e. The summed E-state index contributed by atoms with van der Waals surface area (Å²) < 4.78 is 56.5. The molecule has 7 nitrogen and oxygen atoms in total. The molecule has 0 N–H and O–H groups in total. The highest BCUT2D eigenvalue weighted by Crippen LogP contribution is 2.28. The second-order valence-electron chi connectivity index (χ2n) is 6.95. The molecule has 9 heteroatoms. The molecule has 4 aromatic carbocycles. The molecular weight excluding hydrogens is 462 g/mol. The van der Waals surface area contributed by atoms with Crippen molar-refractivity contribution in [1.29, 1.82) is 0 Å². The summed E-state index contributed by atoms with van der Waals surface area (Å²) in [6.07, 6.45) is 0. The number of hydrogen-bond donors (Lipinski definition) is 0. The van der Waals surface area contributed by atoms with Crippen LogP contribution in [0.1, 0.15) is 0 Å². The monoisotopic (exact) mass is 479 g/mol. The average Bonchev–Trinajstić information content (AvgIpc) is 2.85. The Hall–Kier alpha value is -3.82. The Bertz CT molecular complexity index is 1480. The molecule has 0 saturated carbocycles. The van der Waals surface area contributed by atoms with Crippen LogP contribution in [0.3, 0.4) is 0 Å². The van der Waals surface area contributed by atoms with Gasteiger partial charge in [0.05, 0.1) is 19.6 Å². The summed E-state index contributed by atoms with van der Waals surface area (Å²) in [6.45, 7) is 0. The first-order valence-corrected chi connectivity index (χ1v) is 12.6. The molecule has 4 aromatic rings. The van der Waals surface area contributed by atoms with Gasteiger partial charge in [-0.2, -0.15) is 0 Å². The molecular formula is C24H17NO6S2. The van der Waals surface area contributed by atoms with Crippen LogP contribution in [0, 0.1) is 4.91 Å². The number of hydrogen-bond acceptors (Lipinski definition) is 7. The van der Waals surface area contributed by atoms with Gasteiger partial charge in [0.1, 0.15) is 17.2 Å². The molecule has 0 aliphatic heterocycles. The number of nitroso groups, excluding NO2 is 1. The summed E-state index contributed by atoms with van der Waals surface area (Å²) in [5.41, 5.74) is 0.139. The van der Waals surface area contributed by atoms with Crippen molar-refractivity contribution in [3.63, 3.8) is 0 Å². The van der Waals surface area contributed by atoms with E-state index in [9.17, 15) is 21.7 Å². The zero-order valence-corrected chi connectivity index (χ0v) is 18.7. The molecule has 0 amide bonds. The van der Waals surface area contributed by atoms with Gasteiger partial charge in [0, 0.05) is 0 Å². The molecule has 0 fully saturated rings. The third kappa shape index (κ3) is 4.69. The zero-order valence-electron chi connectivity index (χ0n) is 17.0. The van der Waals surface area contributed by atoms with Gasteiger partial charge < -0.3 is 4.74 Å². The SMILES string of the molecule is O=Nc1ccc(S(=O)(=O)c2ccc(Oc3ccc(S(=O)(=O)c4ccccc4)cc3)cc2)cc1. The summed E-state index contributed by atoms with van der Waals surface area (Å²) in [5, 5.41) is 2.76. The number of sulfone groups is 2. The molecule has 0 bridgehead atoms. The van der Waals surface area contributed by atoms with Crippen molar-refractivity contribution in [2.75, 3.05) is 0 Å². The van der Waals surface area contributed by atoms with E-state index in [2.05, 4.69) is 5.18 Å². The van der Waals surface area contributed by atoms with E-state index in [-0.39, 0.29) is 25.3 Å². The van der Waals surface area contributed by atoms with Crippen LogP contribution < -0.4 is 4.74 Å². The van der Waals surface area contributed by atoms with E-state index in [1.807, 2.05) is 0 Å². The van der Waals surface area contributed by atoms with Crippen LogP contribution in [0.4, 0.5) is 5.69 Å². The molecule has 0 atom stereocenters. The van der Waals surface area contributed by atoms with Crippen molar-refractivity contribution in [2.24, 2.45) is 5.18 Å². The normalized spacial score (nSPS) is 11.6. The minimum absolute atomic E-state index is 0.0405. The topological polar surface area (TPSA) is 107 Å². The van der Waals surface area contributed by atoms with Crippen LogP contribution in [-0.2, 0) is 19.7 Å². The lowest BCUT2D eigenvalue weighted by molar-refractivity contribution is 0.481. The van der Waals surface area contributed by atoms with Crippen molar-refractivity contribution < 1.29 is 21.6 Å². The second kappa shape index (κ2) is 8.97. The molecule has 0 unspecified atom stereocenters. The first-order valence-electron chi connectivity index (χ1n) is 9.67. The van der Waals surface area contributed by atoms with Crippen molar-refractivity contribution in [3.05, 3.63) is 108 Å². The van der Waals surface area contributed by atoms with Crippen LogP contribution in [0.2, 0.25) is 0 Å². The Kier molecular flexibility index (Phi) is 6.08. The van der Waals surface area contributed by atoms with Crippen molar-refractivity contribution in [1.82, 2.24) is 0 Å². The first kappa shape index (κ1) is 22.4. The Morgan fingerprint density at radius 2 is 0.848 bits per heavy atom. The fourth-order valence-electron chi connectivity index (χ4n) is 3.07. The molecule has 0 radical (unpaired) electrons. The van der Waals surface area contributed by atoms with Gasteiger partial charge >= 0.3 is 0 Å². The zero-order chi connectivity index (χ0) is 23.5. The molecule has 4 rings (SSSR count). The minimum atomic E-state index is -3.77. The number of rotatable bonds is 7. The first-order chi connectivity index (χ1) is 15.8. The van der Waals surface area contributed by atoms with E-state index >= 15 is 0 Å². The summed E-state index contributed by atoms with van der Waals surface area (Å²) in [6, 6.07) is 25.2. The molecule has 0 saturated heterocycles. The molecule has 0 aromatic heterocycles. The standard InChI is InChI=1S/C24H17NO6S2/c26-25-18-6-12-22(13-7-18)33(29,30)24-16-10-20(11-17-24)31-19-8-14-23(15-9-19)32(27,28)21-4-2-1-3-5-21/h1-17H. The highest BCUT2D eigenvalue weighted by molar-refractivity contribution is 7.91. The third-order valence-electron chi connectivity index (χ3n) is 4.81. The van der Waals surface area contributed by atoms with E-state index in [1.54, 1.807) is 18.2 Å². The van der Waals surface area contributed by atoms with Crippen molar-refractivity contribution in [2.45, 2.75) is 19.6 Å². The van der Waals surface area contributed by atoms with E-state index in [4.69, 9.17) is 4.74 Å². The minimum Gasteiger partial charge on any atom is -0.457 e. The Morgan fingerprint density at radius 1 is 0.485 bits per heavy atom. The van der Waals surface area contributed by atoms with Gasteiger partial charge in [-0.25, -0.2) is 16.8 Å². The van der Waals surface area contributed by atoms with Gasteiger partial charge in [0.15, 0.2) is 0 Å². The van der Waals surface area contributed by atoms with Crippen molar-refractivity contribution >= 4 is 25.4 Å². The van der Waals surface area contributed by atoms with E-state index in [1.165, 1.54) is 84.9 Å². The lowest BCUT2D eigenvalue weighted by Gasteiger charge is -2.09. The lowest BCUT2D eigenvalue weighted by atomic mass is 10.3. The molecule has 0 heterocycles. The Balaban J connectivity index is 1.50. The third-order valence-corrected chi connectivity index (χ3v) is 8.38. The fraction of sp³-hybridized carbons (Fsp3) is 0. The van der Waals surface area contributed by atoms with Gasteiger partial charge in [-0.1, -0.05) is 18.2 Å². The lowest BCUT2D eigenvalue weighted by Crippen LogP contribution is -2.02. The predicted octanol–water partition coefficient (Wildman–Crippen LogP) is 5.54. The van der Waals surface area contributed by atoms with E-state index in [0.717, 1.165) is 0 Å². The van der Waals surface area contributed by atoms with Crippen molar-refractivity contribution in [3.8, 4) is 11.5 Å². The highest BCUT2D eigenvalue weighted by atomic mass is 32.2. The predicted molar refractivity (Wildman–Crippen MR) is 122 cm³/mol. The van der Waals surface area contributed by atoms with Gasteiger partial charge in [-0.15, -0.1) is 4.91 Å². The van der Waals surface area contributed by atoms with Gasteiger partial charge in [0.2, 0.25) is 19.7 Å². The number of ether oxygens (including phenoxy) is 1. The van der Waals surface area contributed by atoms with Crippen LogP contribution >= 0.6 is 0 Å². The Morgan fingerprint density at radius 3 is 1.24 bits per heavy atom. The van der Waals surface area contributed by atoms with E-state index < -0.39 is 19.7 Å². The van der Waals surface area contributed by atoms with Crippen LogP contribution in [-0.4, -0.2) is 16.8 Å². The molecule has 0 spiro atoms. The molecule has 33 heavy (non-hydrogen) atoms. The number of benzene rings is 4. The smallest absolute Gasteiger partial charge is 0.206 e. The summed E-state index contributed by atoms with van der Waals surface area (Å²) in [7, 11) is -7.39. The summed E-state index contributed by atoms with van der Waals surface area (Å²) >= 11 is 0. The maximum Gasteiger partial charge on any atom is 0.206 e. The van der Waals surface area contributed by atoms with Crippen LogP contribution in [0.25, 0.3) is 0 Å². The molecule has 0 aliphatic carbocycles.